The molecule has 0 aliphatic carbocycles. The molecule has 106 valence electrons. The molecule has 0 saturated carbocycles. The molecule has 0 unspecified atom stereocenters. The number of esters is 1. The van der Waals surface area contributed by atoms with Crippen molar-refractivity contribution in [2.45, 2.75) is 6.92 Å². The molecule has 0 aliphatic heterocycles. The van der Waals surface area contributed by atoms with Crippen molar-refractivity contribution in [2.24, 2.45) is 0 Å². The van der Waals surface area contributed by atoms with E-state index in [0.717, 1.165) is 0 Å². The molecule has 3 nitrogen and oxygen atoms in total. The first-order valence-corrected chi connectivity index (χ1v) is 6.53. The molecule has 0 atom stereocenters. The Labute approximate surface area is 120 Å². The molecule has 0 aromatic heterocycles. The van der Waals surface area contributed by atoms with Gasteiger partial charge in [-0.15, -0.1) is 0 Å². The van der Waals surface area contributed by atoms with E-state index in [-0.39, 0.29) is 12.6 Å². The average Bonchev–Trinajstić information content (AvgIpc) is 2.50. The number of methoxy groups -OCH3 is 1. The second-order valence-corrected chi connectivity index (χ2v) is 3.97. The highest BCUT2D eigenvalue weighted by Crippen LogP contribution is 2.17. The number of carbonyl (C=O) groups excluding carboxylic acids is 1. The van der Waals surface area contributed by atoms with Crippen molar-refractivity contribution >= 4 is 5.97 Å². The van der Waals surface area contributed by atoms with Crippen LogP contribution in [0.2, 0.25) is 0 Å². The highest BCUT2D eigenvalue weighted by Gasteiger charge is 1.96. The molecule has 0 amide bonds. The summed E-state index contributed by atoms with van der Waals surface area (Å²) < 4.78 is 9.00. The Morgan fingerprint density at radius 2 is 1.35 bits per heavy atom. The SMILES string of the molecule is CCOC(=O)COC.c1ccc(-c2ccccc2)cc1. The first kappa shape index (κ1) is 15.9. The summed E-state index contributed by atoms with van der Waals surface area (Å²) in [5.41, 5.74) is 2.55. The van der Waals surface area contributed by atoms with Gasteiger partial charge in [-0.25, -0.2) is 4.79 Å². The Bertz CT molecular complexity index is 435. The van der Waals surface area contributed by atoms with Gasteiger partial charge < -0.3 is 9.47 Å². The summed E-state index contributed by atoms with van der Waals surface area (Å²) in [5.74, 6) is -0.310. The second-order valence-electron chi connectivity index (χ2n) is 3.97. The molecule has 0 aliphatic rings. The maximum Gasteiger partial charge on any atom is 0.332 e. The van der Waals surface area contributed by atoms with E-state index in [0.29, 0.717) is 6.61 Å². The topological polar surface area (TPSA) is 35.5 Å². The predicted molar refractivity (Wildman–Crippen MR) is 80.4 cm³/mol. The molecule has 0 radical (unpaired) electrons. The van der Waals surface area contributed by atoms with Crippen LogP contribution in [0.5, 0.6) is 0 Å². The minimum Gasteiger partial charge on any atom is -0.464 e. The maximum atomic E-state index is 10.3. The molecular weight excluding hydrogens is 252 g/mol. The number of carbonyl (C=O) groups is 1. The fraction of sp³-hybridized carbons (Fsp3) is 0.235. The molecule has 0 bridgehead atoms. The van der Waals surface area contributed by atoms with Crippen molar-refractivity contribution in [3.8, 4) is 11.1 Å². The summed E-state index contributed by atoms with van der Waals surface area (Å²) in [6.07, 6.45) is 0. The van der Waals surface area contributed by atoms with Crippen LogP contribution < -0.4 is 0 Å². The van der Waals surface area contributed by atoms with Crippen molar-refractivity contribution in [1.29, 1.82) is 0 Å². The third-order valence-electron chi connectivity index (χ3n) is 2.45. The van der Waals surface area contributed by atoms with Crippen LogP contribution >= 0.6 is 0 Å². The zero-order valence-electron chi connectivity index (χ0n) is 11.9. The molecule has 0 saturated heterocycles. The van der Waals surface area contributed by atoms with Gasteiger partial charge in [0.25, 0.3) is 0 Å². The van der Waals surface area contributed by atoms with Crippen molar-refractivity contribution in [1.82, 2.24) is 0 Å². The summed E-state index contributed by atoms with van der Waals surface area (Å²) in [4.78, 5) is 10.3. The Morgan fingerprint density at radius 3 is 1.70 bits per heavy atom. The first-order chi connectivity index (χ1) is 9.77. The van der Waals surface area contributed by atoms with Gasteiger partial charge in [-0.05, 0) is 18.1 Å². The monoisotopic (exact) mass is 272 g/mol. The lowest BCUT2D eigenvalue weighted by Gasteiger charge is -1.98. The van der Waals surface area contributed by atoms with Gasteiger partial charge >= 0.3 is 5.97 Å². The van der Waals surface area contributed by atoms with E-state index in [9.17, 15) is 4.79 Å². The quantitative estimate of drug-likeness (QED) is 0.798. The number of benzene rings is 2. The molecule has 0 spiro atoms. The normalized spacial score (nSPS) is 9.30. The molecule has 2 aromatic rings. The van der Waals surface area contributed by atoms with Crippen molar-refractivity contribution in [3.05, 3.63) is 60.7 Å². The van der Waals surface area contributed by atoms with Crippen molar-refractivity contribution < 1.29 is 14.3 Å². The Morgan fingerprint density at radius 1 is 0.900 bits per heavy atom. The van der Waals surface area contributed by atoms with E-state index >= 15 is 0 Å². The van der Waals surface area contributed by atoms with Gasteiger partial charge in [-0.3, -0.25) is 0 Å². The van der Waals surface area contributed by atoms with E-state index in [4.69, 9.17) is 0 Å². The Kier molecular flexibility index (Phi) is 7.77. The molecule has 20 heavy (non-hydrogen) atoms. The maximum absolute atomic E-state index is 10.3. The van der Waals surface area contributed by atoms with Crippen LogP contribution in [0.1, 0.15) is 6.92 Å². The molecule has 0 fully saturated rings. The Hall–Kier alpha value is -2.13. The van der Waals surface area contributed by atoms with Crippen LogP contribution in [0.4, 0.5) is 0 Å². The van der Waals surface area contributed by atoms with Crippen LogP contribution in [0.3, 0.4) is 0 Å². The number of rotatable bonds is 4. The van der Waals surface area contributed by atoms with Gasteiger partial charge in [0.2, 0.25) is 0 Å². The lowest BCUT2D eigenvalue weighted by atomic mass is 10.1. The van der Waals surface area contributed by atoms with Gasteiger partial charge in [-0.1, -0.05) is 60.7 Å². The van der Waals surface area contributed by atoms with E-state index in [1.54, 1.807) is 6.92 Å². The van der Waals surface area contributed by atoms with Crippen molar-refractivity contribution in [2.75, 3.05) is 20.3 Å². The summed E-state index contributed by atoms with van der Waals surface area (Å²) >= 11 is 0. The molecule has 2 rings (SSSR count). The van der Waals surface area contributed by atoms with Crippen LogP contribution in [0.25, 0.3) is 11.1 Å². The van der Waals surface area contributed by atoms with Gasteiger partial charge in [0.15, 0.2) is 0 Å². The molecule has 2 aromatic carbocycles. The molecule has 0 N–H and O–H groups in total. The average molecular weight is 272 g/mol. The first-order valence-electron chi connectivity index (χ1n) is 6.53. The third kappa shape index (κ3) is 6.16. The number of ether oxygens (including phenoxy) is 2. The minimum atomic E-state index is -0.310. The van der Waals surface area contributed by atoms with Gasteiger partial charge in [-0.2, -0.15) is 0 Å². The van der Waals surface area contributed by atoms with Gasteiger partial charge in [0, 0.05) is 7.11 Å². The van der Waals surface area contributed by atoms with Crippen LogP contribution in [-0.2, 0) is 14.3 Å². The van der Waals surface area contributed by atoms with E-state index in [1.165, 1.54) is 18.2 Å². The van der Waals surface area contributed by atoms with Gasteiger partial charge in [0.1, 0.15) is 6.61 Å². The predicted octanol–water partition coefficient (Wildman–Crippen LogP) is 3.55. The molecule has 3 heteroatoms. The summed E-state index contributed by atoms with van der Waals surface area (Å²) in [7, 11) is 1.46. The van der Waals surface area contributed by atoms with Crippen molar-refractivity contribution in [3.63, 3.8) is 0 Å². The number of hydrogen-bond donors (Lipinski definition) is 0. The standard InChI is InChI=1S/C12H10.C5H10O3/c1-3-7-11(8-4-1)12-9-5-2-6-10-12;1-3-8-5(6)4-7-2/h1-10H;3-4H2,1-2H3. The fourth-order valence-corrected chi connectivity index (χ4v) is 1.58. The van der Waals surface area contributed by atoms with E-state index < -0.39 is 0 Å². The summed E-state index contributed by atoms with van der Waals surface area (Å²) in [5, 5.41) is 0. The third-order valence-corrected chi connectivity index (χ3v) is 2.45. The minimum absolute atomic E-state index is 0.0494. The van der Waals surface area contributed by atoms with E-state index in [2.05, 4.69) is 58.0 Å². The summed E-state index contributed by atoms with van der Waals surface area (Å²) in [6.45, 7) is 2.23. The van der Waals surface area contributed by atoms with E-state index in [1.807, 2.05) is 12.1 Å². The Balaban J connectivity index is 0.000000221. The zero-order chi connectivity index (χ0) is 14.6. The lowest BCUT2D eigenvalue weighted by Crippen LogP contribution is -2.10. The van der Waals surface area contributed by atoms with Crippen LogP contribution in [-0.4, -0.2) is 26.3 Å². The highest BCUT2D eigenvalue weighted by atomic mass is 16.6. The summed E-state index contributed by atoms with van der Waals surface area (Å²) in [6, 6.07) is 20.8. The largest absolute Gasteiger partial charge is 0.464 e. The highest BCUT2D eigenvalue weighted by molar-refractivity contribution is 5.70. The fourth-order valence-electron chi connectivity index (χ4n) is 1.58. The lowest BCUT2D eigenvalue weighted by molar-refractivity contribution is -0.147. The molecule has 0 heterocycles. The number of hydrogen-bond acceptors (Lipinski definition) is 3. The zero-order valence-corrected chi connectivity index (χ0v) is 11.9. The van der Waals surface area contributed by atoms with Crippen LogP contribution in [0.15, 0.2) is 60.7 Å². The smallest absolute Gasteiger partial charge is 0.332 e. The van der Waals surface area contributed by atoms with Crippen LogP contribution in [0, 0.1) is 0 Å². The van der Waals surface area contributed by atoms with Gasteiger partial charge in [0.05, 0.1) is 6.61 Å². The molecular formula is C17H20O3. The second kappa shape index (κ2) is 9.75.